The quantitative estimate of drug-likeness (QED) is 0.675. The Hall–Kier alpha value is -2.55. The lowest BCUT2D eigenvalue weighted by molar-refractivity contribution is 1.10. The smallest absolute Gasteiger partial charge is 0.191 e. The number of benzene rings is 2. The molecule has 0 saturated carbocycles. The Bertz CT molecular complexity index is 801. The molecular weight excluding hydrogens is 236 g/mol. The zero-order chi connectivity index (χ0) is 13.4. The topological polar surface area (TPSA) is 48.0 Å². The first-order valence-corrected chi connectivity index (χ1v) is 6.14. The number of nitrogens with zero attached hydrogens (tertiary/aromatic N) is 1. The second-order valence-corrected chi connectivity index (χ2v) is 4.63. The fourth-order valence-corrected chi connectivity index (χ4v) is 2.26. The highest BCUT2D eigenvalue weighted by molar-refractivity contribution is 5.91. The second-order valence-electron chi connectivity index (χ2n) is 4.63. The lowest BCUT2D eigenvalue weighted by Crippen LogP contribution is -2.08. The van der Waals surface area contributed by atoms with Gasteiger partial charge in [0.15, 0.2) is 5.43 Å². The van der Waals surface area contributed by atoms with Crippen LogP contribution in [-0.4, -0.2) is 4.57 Å². The van der Waals surface area contributed by atoms with Crippen molar-refractivity contribution in [1.29, 1.82) is 0 Å². The number of hydrogen-bond donors (Lipinski definition) is 1. The number of hydrogen-bond acceptors (Lipinski definition) is 2. The van der Waals surface area contributed by atoms with Gasteiger partial charge >= 0.3 is 0 Å². The van der Waals surface area contributed by atoms with Crippen LogP contribution in [0.15, 0.2) is 59.5 Å². The molecule has 0 saturated heterocycles. The van der Waals surface area contributed by atoms with E-state index < -0.39 is 0 Å². The van der Waals surface area contributed by atoms with Gasteiger partial charge < -0.3 is 10.3 Å². The Balaban J connectivity index is 2.37. The maximum atomic E-state index is 11.9. The zero-order valence-electron chi connectivity index (χ0n) is 10.6. The van der Waals surface area contributed by atoms with Gasteiger partial charge in [0.05, 0.1) is 10.9 Å². The fraction of sp³-hybridized carbons (Fsp3) is 0.0625. The van der Waals surface area contributed by atoms with E-state index in [2.05, 4.69) is 0 Å². The van der Waals surface area contributed by atoms with Crippen LogP contribution in [0.2, 0.25) is 0 Å². The van der Waals surface area contributed by atoms with Gasteiger partial charge in [0.2, 0.25) is 0 Å². The highest BCUT2D eigenvalue weighted by Crippen LogP contribution is 2.20. The molecule has 0 aliphatic heterocycles. The Morgan fingerprint density at radius 2 is 1.74 bits per heavy atom. The maximum Gasteiger partial charge on any atom is 0.191 e. The molecule has 0 bridgehead atoms. The van der Waals surface area contributed by atoms with Gasteiger partial charge in [-0.3, -0.25) is 4.79 Å². The monoisotopic (exact) mass is 250 g/mol. The van der Waals surface area contributed by atoms with Crippen molar-refractivity contribution in [3.05, 3.63) is 70.5 Å². The third kappa shape index (κ3) is 1.89. The number of nitrogens with two attached hydrogens (primary N) is 1. The zero-order valence-corrected chi connectivity index (χ0v) is 10.6. The molecule has 3 nitrogen and oxygen atoms in total. The van der Waals surface area contributed by atoms with E-state index >= 15 is 0 Å². The minimum absolute atomic E-state index is 0.0449. The molecule has 0 unspecified atom stereocenters. The summed E-state index contributed by atoms with van der Waals surface area (Å²) in [5.74, 6) is 0. The first-order valence-electron chi connectivity index (χ1n) is 6.14. The molecule has 0 spiro atoms. The molecule has 3 aromatic rings. The summed E-state index contributed by atoms with van der Waals surface area (Å²) < 4.78 is 1.98. The minimum atomic E-state index is -0.0449. The Labute approximate surface area is 110 Å². The summed E-state index contributed by atoms with van der Waals surface area (Å²) >= 11 is 0. The third-order valence-electron chi connectivity index (χ3n) is 3.27. The van der Waals surface area contributed by atoms with Crippen LogP contribution in [-0.2, 0) is 0 Å². The summed E-state index contributed by atoms with van der Waals surface area (Å²) in [7, 11) is 0. The van der Waals surface area contributed by atoms with Crippen molar-refractivity contribution in [3.8, 4) is 5.69 Å². The summed E-state index contributed by atoms with van der Waals surface area (Å²) in [5, 5.41) is 0.575. The van der Waals surface area contributed by atoms with Gasteiger partial charge in [-0.15, -0.1) is 0 Å². The molecule has 1 aromatic heterocycles. The molecule has 0 fully saturated rings. The average molecular weight is 250 g/mol. The van der Waals surface area contributed by atoms with Gasteiger partial charge in [0.1, 0.15) is 0 Å². The second kappa shape index (κ2) is 4.28. The molecule has 0 aliphatic carbocycles. The van der Waals surface area contributed by atoms with Crippen LogP contribution in [0.4, 0.5) is 5.69 Å². The summed E-state index contributed by atoms with van der Waals surface area (Å²) in [6, 6.07) is 15.2. The van der Waals surface area contributed by atoms with Gasteiger partial charge in [0, 0.05) is 23.6 Å². The summed E-state index contributed by atoms with van der Waals surface area (Å²) in [6.07, 6.45) is 1.79. The molecule has 0 radical (unpaired) electrons. The maximum absolute atomic E-state index is 11.9. The van der Waals surface area contributed by atoms with Crippen molar-refractivity contribution in [3.63, 3.8) is 0 Å². The Morgan fingerprint density at radius 1 is 1.00 bits per heavy atom. The van der Waals surface area contributed by atoms with E-state index in [1.54, 1.807) is 18.3 Å². The first-order chi connectivity index (χ1) is 9.16. The van der Waals surface area contributed by atoms with E-state index in [1.165, 1.54) is 5.56 Å². The van der Waals surface area contributed by atoms with Crippen LogP contribution in [0.5, 0.6) is 0 Å². The molecule has 3 heteroatoms. The van der Waals surface area contributed by atoms with Crippen molar-refractivity contribution in [2.45, 2.75) is 6.92 Å². The normalized spacial score (nSPS) is 10.8. The molecule has 0 atom stereocenters. The summed E-state index contributed by atoms with van der Waals surface area (Å²) in [6.45, 7) is 2.05. The highest BCUT2D eigenvalue weighted by atomic mass is 16.1. The molecule has 0 amide bonds. The number of fused-ring (bicyclic) bond motifs is 1. The van der Waals surface area contributed by atoms with Crippen LogP contribution < -0.4 is 11.2 Å². The molecule has 2 aromatic carbocycles. The lowest BCUT2D eigenvalue weighted by Gasteiger charge is -2.12. The Kier molecular flexibility index (Phi) is 2.60. The molecular formula is C16H14N2O. The molecule has 94 valence electrons. The number of aryl methyl sites for hydroxylation is 1. The number of pyridine rings is 1. The largest absolute Gasteiger partial charge is 0.398 e. The van der Waals surface area contributed by atoms with Crippen LogP contribution in [0, 0.1) is 6.92 Å². The molecule has 19 heavy (non-hydrogen) atoms. The first kappa shape index (κ1) is 11.5. The standard InChI is InChI=1S/C16H14N2O/c1-11-5-7-12(8-6-11)18-10-9-15(19)16-13(17)3-2-4-14(16)18/h2-10H,17H2,1H3. The molecule has 2 N–H and O–H groups in total. The van der Waals surface area contributed by atoms with E-state index in [9.17, 15) is 4.79 Å². The predicted octanol–water partition coefficient (Wildman–Crippen LogP) is 2.88. The highest BCUT2D eigenvalue weighted by Gasteiger charge is 2.06. The van der Waals surface area contributed by atoms with E-state index in [-0.39, 0.29) is 5.43 Å². The average Bonchev–Trinajstić information content (AvgIpc) is 2.41. The molecule has 1 heterocycles. The van der Waals surface area contributed by atoms with Crippen molar-refractivity contribution < 1.29 is 0 Å². The fourth-order valence-electron chi connectivity index (χ4n) is 2.26. The number of rotatable bonds is 1. The van der Waals surface area contributed by atoms with Crippen LogP contribution in [0.25, 0.3) is 16.6 Å². The number of aromatic nitrogens is 1. The lowest BCUT2D eigenvalue weighted by atomic mass is 10.1. The van der Waals surface area contributed by atoms with Crippen molar-refractivity contribution in [2.24, 2.45) is 0 Å². The van der Waals surface area contributed by atoms with Crippen LogP contribution in [0.1, 0.15) is 5.56 Å². The molecule has 0 aliphatic rings. The van der Waals surface area contributed by atoms with Crippen LogP contribution >= 0.6 is 0 Å². The summed E-state index contributed by atoms with van der Waals surface area (Å²) in [4.78, 5) is 11.9. The van der Waals surface area contributed by atoms with Gasteiger partial charge in [-0.1, -0.05) is 23.8 Å². The Morgan fingerprint density at radius 3 is 2.47 bits per heavy atom. The van der Waals surface area contributed by atoms with E-state index in [0.29, 0.717) is 11.1 Å². The van der Waals surface area contributed by atoms with Crippen molar-refractivity contribution >= 4 is 16.6 Å². The predicted molar refractivity (Wildman–Crippen MR) is 78.7 cm³/mol. The van der Waals surface area contributed by atoms with Gasteiger partial charge in [-0.2, -0.15) is 0 Å². The van der Waals surface area contributed by atoms with E-state index in [0.717, 1.165) is 11.2 Å². The van der Waals surface area contributed by atoms with Gasteiger partial charge in [-0.25, -0.2) is 0 Å². The van der Waals surface area contributed by atoms with Gasteiger partial charge in [-0.05, 0) is 31.2 Å². The summed E-state index contributed by atoms with van der Waals surface area (Å²) in [5.41, 5.74) is 9.43. The number of nitrogen functional groups attached to an aromatic ring is 1. The minimum Gasteiger partial charge on any atom is -0.398 e. The van der Waals surface area contributed by atoms with Crippen molar-refractivity contribution in [1.82, 2.24) is 4.57 Å². The van der Waals surface area contributed by atoms with E-state index in [1.807, 2.05) is 47.9 Å². The van der Waals surface area contributed by atoms with Crippen molar-refractivity contribution in [2.75, 3.05) is 5.73 Å². The number of anilines is 1. The van der Waals surface area contributed by atoms with E-state index in [4.69, 9.17) is 5.73 Å². The SMILES string of the molecule is Cc1ccc(-n2ccc(=O)c3c(N)cccc32)cc1. The van der Waals surface area contributed by atoms with Gasteiger partial charge in [0.25, 0.3) is 0 Å². The third-order valence-corrected chi connectivity index (χ3v) is 3.27. The van der Waals surface area contributed by atoms with Crippen LogP contribution in [0.3, 0.4) is 0 Å². The molecule has 3 rings (SSSR count).